The Morgan fingerprint density at radius 3 is 0.578 bits per heavy atom. The third-order valence-electron chi connectivity index (χ3n) is 7.40. The third-order valence-corrected chi connectivity index (χ3v) is 17.3. The second-order valence-electron chi connectivity index (χ2n) is 14.1. The molecule has 0 aliphatic heterocycles. The lowest BCUT2D eigenvalue weighted by Crippen LogP contribution is -2.28. The van der Waals surface area contributed by atoms with E-state index in [2.05, 4.69) is 95.8 Å². The van der Waals surface area contributed by atoms with Gasteiger partial charge in [-0.05, 0) is 7.05 Å². The molecular weight excluding hydrogens is 1390 g/mol. The Labute approximate surface area is 468 Å². The Morgan fingerprint density at radius 1 is 0.289 bits per heavy atom. The highest BCUT2D eigenvalue weighted by molar-refractivity contribution is 7.48. The fourth-order valence-corrected chi connectivity index (χ4v) is 11.3. The van der Waals surface area contributed by atoms with Crippen LogP contribution in [0.2, 0.25) is 0 Å². The van der Waals surface area contributed by atoms with Crippen molar-refractivity contribution in [3.8, 4) is 0 Å². The first kappa shape index (κ1) is 84.1. The summed E-state index contributed by atoms with van der Waals surface area (Å²) in [6, 6.07) is 0. The Bertz CT molecular complexity index is 2240. The van der Waals surface area contributed by atoms with Crippen molar-refractivity contribution in [3.05, 3.63) is 0 Å². The molecule has 0 aromatic carbocycles. The van der Waals surface area contributed by atoms with E-state index in [0.29, 0.717) is 0 Å². The first-order valence-electron chi connectivity index (χ1n) is 21.7. The molecule has 0 bridgehead atoms. The molecular formula is C25H53FN2O44P11-11. The van der Waals surface area contributed by atoms with Gasteiger partial charge in [0, 0.05) is 24.9 Å². The zero-order valence-electron chi connectivity index (χ0n) is 42.0. The smallest absolute Gasteiger partial charge is 0.268 e. The van der Waals surface area contributed by atoms with Crippen molar-refractivity contribution in [3.63, 3.8) is 0 Å². The molecule has 0 aromatic heterocycles. The molecule has 0 amide bonds. The van der Waals surface area contributed by atoms with Gasteiger partial charge in [-0.15, -0.1) is 4.48 Å². The Morgan fingerprint density at radius 2 is 0.434 bits per heavy atom. The molecule has 0 spiro atoms. The fraction of sp³-hybridized carbons (Fsp3) is 1.00. The minimum atomic E-state index is -5.32. The first-order valence-corrected chi connectivity index (χ1v) is 37.8. The number of hydrogen-bond donors (Lipinski definition) is 4. The molecule has 0 heterocycles. The average Bonchev–Trinajstić information content (AvgIpc) is 3.38. The lowest BCUT2D eigenvalue weighted by atomic mass is 10.2. The van der Waals surface area contributed by atoms with Crippen molar-refractivity contribution in [2.45, 2.75) is 0 Å². The van der Waals surface area contributed by atoms with Gasteiger partial charge in [-0.1, -0.05) is 0 Å². The van der Waals surface area contributed by atoms with Gasteiger partial charge in [0.25, 0.3) is 86.0 Å². The minimum Gasteiger partial charge on any atom is -0.756 e. The molecule has 83 heavy (non-hydrogen) atoms. The van der Waals surface area contributed by atoms with E-state index in [1.807, 2.05) is 0 Å². The van der Waals surface area contributed by atoms with E-state index in [4.69, 9.17) is 9.79 Å². The first-order chi connectivity index (χ1) is 37.9. The van der Waals surface area contributed by atoms with Gasteiger partial charge in [0.15, 0.2) is 0 Å². The van der Waals surface area contributed by atoms with Crippen LogP contribution in [0.1, 0.15) is 0 Å². The van der Waals surface area contributed by atoms with E-state index in [1.54, 1.807) is 0 Å². The second kappa shape index (κ2) is 40.8. The van der Waals surface area contributed by atoms with Crippen LogP contribution in [-0.2, 0) is 141 Å². The van der Waals surface area contributed by atoms with Crippen LogP contribution in [0.4, 0.5) is 4.48 Å². The van der Waals surface area contributed by atoms with Crippen molar-refractivity contribution < 1.29 is 209 Å². The summed E-state index contributed by atoms with van der Waals surface area (Å²) >= 11 is 0. The van der Waals surface area contributed by atoms with Crippen molar-refractivity contribution >= 4 is 86.0 Å². The van der Waals surface area contributed by atoms with Crippen LogP contribution in [-0.4, -0.2) is 162 Å². The van der Waals surface area contributed by atoms with Gasteiger partial charge in [-0.3, -0.25) is 50.2 Å². The Balaban J connectivity index is 4.31. The van der Waals surface area contributed by atoms with Gasteiger partial charge < -0.3 is 159 Å². The van der Waals surface area contributed by atoms with Gasteiger partial charge in [-0.2, -0.15) is 5.54 Å². The fourth-order valence-electron chi connectivity index (χ4n) is 4.24. The van der Waals surface area contributed by atoms with Crippen LogP contribution < -0.4 is 64.7 Å². The molecule has 0 aromatic rings. The highest BCUT2D eigenvalue weighted by atomic mass is 31.2. The number of nitrogens with one attached hydrogen (secondary N) is 2. The molecule has 0 radical (unpaired) electrons. The van der Waals surface area contributed by atoms with E-state index in [9.17, 15) is 109 Å². The van der Waals surface area contributed by atoms with E-state index in [1.165, 1.54) is 7.05 Å². The van der Waals surface area contributed by atoms with Crippen LogP contribution >= 0.6 is 86.0 Å². The van der Waals surface area contributed by atoms with Gasteiger partial charge >= 0.3 is 0 Å². The van der Waals surface area contributed by atoms with Gasteiger partial charge in [-0.25, -0.2) is 0 Å². The Hall–Kier alpha value is 1.06. The molecule has 0 fully saturated rings. The maximum atomic E-state index is 12.4. The van der Waals surface area contributed by atoms with Crippen molar-refractivity contribution in [2.24, 2.45) is 11.8 Å². The van der Waals surface area contributed by atoms with E-state index < -0.39 is 237 Å². The number of hydrogen-bond acceptors (Lipinski definition) is 44. The summed E-state index contributed by atoms with van der Waals surface area (Å²) in [6.45, 7) is -20.7. The minimum absolute atomic E-state index is 0.0388. The molecule has 0 aliphatic rings. The summed E-state index contributed by atoms with van der Waals surface area (Å²) < 4.78 is 226. The Kier molecular flexibility index (Phi) is 41.3. The summed E-state index contributed by atoms with van der Waals surface area (Å²) in [4.78, 5) is 145. The molecule has 0 aliphatic carbocycles. The summed E-state index contributed by atoms with van der Waals surface area (Å²) in [5, 5.41) is 2.58. The molecule has 46 nitrogen and oxygen atoms in total. The predicted molar refractivity (Wildman–Crippen MR) is 237 cm³/mol. The summed E-state index contributed by atoms with van der Waals surface area (Å²) in [5.74, 6) is -2.22. The molecule has 4 N–H and O–H groups in total. The topological polar surface area (TPSA) is 691 Å². The van der Waals surface area contributed by atoms with Crippen molar-refractivity contribution in [1.29, 1.82) is 0 Å². The predicted octanol–water partition coefficient (Wildman–Crippen LogP) is -6.62. The number of rotatable bonds is 56. The van der Waals surface area contributed by atoms with Crippen LogP contribution in [0.5, 0.6) is 0 Å². The molecule has 13 atom stereocenters. The highest BCUT2D eigenvalue weighted by Crippen LogP contribution is 2.46. The molecule has 13 unspecified atom stereocenters. The standard InChI is InChI=1S/C25H64FN2O44P11/c1-27-18-24(20-69-73(29,30)31)22-71-82(49,50)67-16-14-65-80(45,46)63-12-10-61-78(41,42)59-8-6-57-76(37,38)55-4-2-53-75(35,36)54-3-5-56-77(39,40)58-7-9-60-79(43,44)62-11-13-64-81(47,48)66-15-17-68-83(51,52)72-23-25(19-28-26)21-70-74(32,33)34/h24-25,27-28H,2-23H2,1H3,(H,35,36)(H,37,38)(H,39,40)(H,41,42)(H,43,44)(H,45,46)(H,47,48)(H,49,50)(H,51,52)(H2,29,30,31)(H2,32,33,34)/p-11. The van der Waals surface area contributed by atoms with Gasteiger partial charge in [0.1, 0.15) is 0 Å². The number of phosphoric acid groups is 11. The van der Waals surface area contributed by atoms with E-state index in [0.717, 1.165) is 5.54 Å². The normalized spacial score (nSPS) is 21.2. The lowest BCUT2D eigenvalue weighted by Gasteiger charge is -2.28. The summed E-state index contributed by atoms with van der Waals surface area (Å²) in [6.07, 6.45) is 0. The van der Waals surface area contributed by atoms with Crippen molar-refractivity contribution in [1.82, 2.24) is 10.9 Å². The van der Waals surface area contributed by atoms with Gasteiger partial charge in [0.2, 0.25) is 0 Å². The maximum Gasteiger partial charge on any atom is 0.268 e. The molecule has 0 saturated carbocycles. The van der Waals surface area contributed by atoms with Gasteiger partial charge in [0.05, 0.1) is 132 Å². The number of halogens is 1. The molecule has 500 valence electrons. The zero-order chi connectivity index (χ0) is 63.8. The zero-order valence-corrected chi connectivity index (χ0v) is 51.9. The second-order valence-corrected chi connectivity index (χ2v) is 29.2. The molecule has 58 heteroatoms. The maximum absolute atomic E-state index is 12.4. The van der Waals surface area contributed by atoms with Crippen LogP contribution in [0, 0.1) is 11.8 Å². The lowest BCUT2D eigenvalue weighted by molar-refractivity contribution is -0.239. The molecule has 0 rings (SSSR count). The average molecular weight is 1450 g/mol. The molecule has 0 saturated heterocycles. The third kappa shape index (κ3) is 51.4. The highest BCUT2D eigenvalue weighted by Gasteiger charge is 2.22. The SMILES string of the molecule is CNCC(COP(=O)([O-])O)COP(=O)([O-])OCCOP(=O)([O-])OCCOP(=O)([O-])OCCOP(=O)([O-])OCCOP(=O)([O-])OCCOP(=O)([O-])OCCOP(=O)([O-])OCCOP(=O)([O-])OCCOP(=O)([O-])OCC(CNF)COP(=O)([O-])O. The summed E-state index contributed by atoms with van der Waals surface area (Å²) in [7, 11) is -56.3. The quantitative estimate of drug-likeness (QED) is 0.0250. The van der Waals surface area contributed by atoms with E-state index in [-0.39, 0.29) is 6.54 Å². The van der Waals surface area contributed by atoms with Crippen molar-refractivity contribution in [2.75, 3.05) is 152 Å². The van der Waals surface area contributed by atoms with Crippen LogP contribution in [0.25, 0.3) is 0 Å². The summed E-state index contributed by atoms with van der Waals surface area (Å²) in [5.41, 5.74) is 1.08. The monoisotopic (exact) mass is 1440 g/mol. The van der Waals surface area contributed by atoms with Crippen LogP contribution in [0.3, 0.4) is 0 Å². The van der Waals surface area contributed by atoms with E-state index >= 15 is 0 Å². The van der Waals surface area contributed by atoms with Crippen LogP contribution in [0.15, 0.2) is 0 Å². The number of phosphoric ester groups is 11. The largest absolute Gasteiger partial charge is 0.756 e.